The molecule has 0 saturated heterocycles. The number of nitrogens with zero attached hydrogens (tertiary/aromatic N) is 1. The Bertz CT molecular complexity index is 231. The van der Waals surface area contributed by atoms with Crippen LogP contribution in [-0.4, -0.2) is 42.3 Å². The summed E-state index contributed by atoms with van der Waals surface area (Å²) in [5, 5.41) is 10.0. The lowest BCUT2D eigenvalue weighted by Crippen LogP contribution is -2.43. The molecule has 3 heteroatoms. The van der Waals surface area contributed by atoms with Gasteiger partial charge in [-0.15, -0.1) is 0 Å². The summed E-state index contributed by atoms with van der Waals surface area (Å²) in [7, 11) is 2.16. The van der Waals surface area contributed by atoms with Gasteiger partial charge in [0.25, 0.3) is 0 Å². The lowest BCUT2D eigenvalue weighted by atomic mass is 9.87. The zero-order valence-corrected chi connectivity index (χ0v) is 12.5. The van der Waals surface area contributed by atoms with E-state index in [1.807, 2.05) is 0 Å². The number of unbranched alkanes of at least 4 members (excludes halogenated alkanes) is 1. The van der Waals surface area contributed by atoms with Crippen molar-refractivity contribution in [2.45, 2.75) is 70.9 Å². The first-order chi connectivity index (χ1) is 8.46. The normalized spacial score (nSPS) is 25.7. The topological polar surface area (TPSA) is 49.5 Å². The molecule has 3 nitrogen and oxygen atoms in total. The second-order valence-corrected chi connectivity index (χ2v) is 6.73. The molecule has 3 N–H and O–H groups in total. The number of aliphatic hydroxyl groups is 1. The van der Waals surface area contributed by atoms with Crippen LogP contribution in [0.4, 0.5) is 0 Å². The summed E-state index contributed by atoms with van der Waals surface area (Å²) in [5.41, 5.74) is 6.02. The van der Waals surface area contributed by atoms with Crippen LogP contribution in [0.25, 0.3) is 0 Å². The van der Waals surface area contributed by atoms with Crippen molar-refractivity contribution < 1.29 is 5.11 Å². The first-order valence-corrected chi connectivity index (χ1v) is 7.55. The summed E-state index contributed by atoms with van der Waals surface area (Å²) in [4.78, 5) is 2.36. The van der Waals surface area contributed by atoms with Crippen LogP contribution in [0.15, 0.2) is 0 Å². The molecule has 2 atom stereocenters. The average molecular weight is 256 g/mol. The van der Waals surface area contributed by atoms with E-state index in [1.54, 1.807) is 0 Å². The highest BCUT2D eigenvalue weighted by molar-refractivity contribution is 4.81. The molecule has 0 aromatic carbocycles. The minimum Gasteiger partial charge on any atom is -0.391 e. The van der Waals surface area contributed by atoms with E-state index < -0.39 is 0 Å². The van der Waals surface area contributed by atoms with Crippen molar-refractivity contribution in [3.05, 3.63) is 0 Å². The van der Waals surface area contributed by atoms with Gasteiger partial charge in [0.05, 0.1) is 6.10 Å². The van der Waals surface area contributed by atoms with Crippen molar-refractivity contribution in [2.24, 2.45) is 11.1 Å². The predicted octanol–water partition coefficient (Wildman–Crippen LogP) is 2.38. The molecule has 1 aliphatic carbocycles. The van der Waals surface area contributed by atoms with Crippen molar-refractivity contribution in [1.82, 2.24) is 4.90 Å². The summed E-state index contributed by atoms with van der Waals surface area (Å²) < 4.78 is 0. The van der Waals surface area contributed by atoms with E-state index in [9.17, 15) is 5.11 Å². The van der Waals surface area contributed by atoms with E-state index in [-0.39, 0.29) is 11.5 Å². The van der Waals surface area contributed by atoms with E-state index in [0.29, 0.717) is 6.04 Å². The van der Waals surface area contributed by atoms with Crippen LogP contribution in [0, 0.1) is 5.41 Å². The molecule has 0 aromatic heterocycles. The monoisotopic (exact) mass is 256 g/mol. The van der Waals surface area contributed by atoms with Gasteiger partial charge in [-0.25, -0.2) is 0 Å². The molecule has 1 rings (SSSR count). The summed E-state index contributed by atoms with van der Waals surface area (Å²) in [5.74, 6) is 0. The fourth-order valence-electron chi connectivity index (χ4n) is 2.84. The molecule has 1 saturated carbocycles. The lowest BCUT2D eigenvalue weighted by Gasteiger charge is -2.35. The molecule has 1 aliphatic rings. The second kappa shape index (κ2) is 7.46. The molecule has 0 amide bonds. The number of hydrogen-bond acceptors (Lipinski definition) is 3. The lowest BCUT2D eigenvalue weighted by molar-refractivity contribution is 0.0313. The molecule has 108 valence electrons. The molecule has 18 heavy (non-hydrogen) atoms. The van der Waals surface area contributed by atoms with Crippen LogP contribution in [0.5, 0.6) is 0 Å². The molecule has 1 fully saturated rings. The Labute approximate surface area is 113 Å². The third-order valence-corrected chi connectivity index (χ3v) is 4.43. The Kier molecular flexibility index (Phi) is 6.61. The minimum atomic E-state index is -0.107. The maximum atomic E-state index is 10.0. The second-order valence-electron chi connectivity index (χ2n) is 6.73. The number of likely N-dealkylation sites (N-methyl/N-ethyl adjacent to an activating group) is 1. The number of hydrogen-bond donors (Lipinski definition) is 2. The van der Waals surface area contributed by atoms with Crippen LogP contribution < -0.4 is 5.73 Å². The van der Waals surface area contributed by atoms with Gasteiger partial charge in [-0.1, -0.05) is 33.1 Å². The summed E-state index contributed by atoms with van der Waals surface area (Å²) in [6.07, 6.45) is 8.14. The van der Waals surface area contributed by atoms with E-state index >= 15 is 0 Å². The molecule has 0 heterocycles. The Morgan fingerprint density at radius 2 is 1.89 bits per heavy atom. The van der Waals surface area contributed by atoms with Crippen molar-refractivity contribution >= 4 is 0 Å². The summed E-state index contributed by atoms with van der Waals surface area (Å²) >= 11 is 0. The third-order valence-electron chi connectivity index (χ3n) is 4.43. The first kappa shape index (κ1) is 15.9. The molecule has 0 spiro atoms. The van der Waals surface area contributed by atoms with E-state index in [1.165, 1.54) is 32.1 Å². The van der Waals surface area contributed by atoms with E-state index in [4.69, 9.17) is 5.73 Å². The highest BCUT2D eigenvalue weighted by atomic mass is 16.3. The number of aliphatic hydroxyl groups excluding tert-OH is 1. The molecule has 0 aromatic rings. The molecule has 0 bridgehead atoms. The number of rotatable bonds is 7. The standard InChI is InChI=1S/C15H32N2O/c1-15(2,12-16)10-6-7-11-17(3)13-8-4-5-9-14(13)18/h13-14,18H,4-12,16H2,1-3H3. The third kappa shape index (κ3) is 5.25. The van der Waals surface area contributed by atoms with Crippen molar-refractivity contribution in [3.8, 4) is 0 Å². The van der Waals surface area contributed by atoms with Gasteiger partial charge in [-0.2, -0.15) is 0 Å². The molecular weight excluding hydrogens is 224 g/mol. The maximum absolute atomic E-state index is 10.0. The molecular formula is C15H32N2O. The molecule has 0 aliphatic heterocycles. The van der Waals surface area contributed by atoms with E-state index in [2.05, 4.69) is 25.8 Å². The van der Waals surface area contributed by atoms with Crippen LogP contribution in [0.3, 0.4) is 0 Å². The van der Waals surface area contributed by atoms with E-state index in [0.717, 1.165) is 25.9 Å². The van der Waals surface area contributed by atoms with Gasteiger partial charge in [0.2, 0.25) is 0 Å². The zero-order chi connectivity index (χ0) is 13.6. The van der Waals surface area contributed by atoms with Crippen LogP contribution >= 0.6 is 0 Å². The maximum Gasteiger partial charge on any atom is 0.0695 e. The Morgan fingerprint density at radius 3 is 2.50 bits per heavy atom. The Balaban J connectivity index is 2.18. The van der Waals surface area contributed by atoms with Crippen LogP contribution in [0.2, 0.25) is 0 Å². The SMILES string of the molecule is CN(CCCCC(C)(C)CN)C1CCCCC1O. The number of nitrogens with two attached hydrogens (primary N) is 1. The fraction of sp³-hybridized carbons (Fsp3) is 1.00. The van der Waals surface area contributed by atoms with Crippen molar-refractivity contribution in [2.75, 3.05) is 20.1 Å². The van der Waals surface area contributed by atoms with Gasteiger partial charge in [-0.05, 0) is 51.2 Å². The molecule has 0 radical (unpaired) electrons. The Morgan fingerprint density at radius 1 is 1.22 bits per heavy atom. The highest BCUT2D eigenvalue weighted by Gasteiger charge is 2.26. The van der Waals surface area contributed by atoms with Gasteiger partial charge >= 0.3 is 0 Å². The minimum absolute atomic E-state index is 0.107. The van der Waals surface area contributed by atoms with Gasteiger partial charge in [-0.3, -0.25) is 0 Å². The van der Waals surface area contributed by atoms with Crippen molar-refractivity contribution in [3.63, 3.8) is 0 Å². The largest absolute Gasteiger partial charge is 0.391 e. The first-order valence-electron chi connectivity index (χ1n) is 7.55. The Hall–Kier alpha value is -0.120. The highest BCUT2D eigenvalue weighted by Crippen LogP contribution is 2.24. The average Bonchev–Trinajstić information content (AvgIpc) is 2.35. The van der Waals surface area contributed by atoms with Gasteiger partial charge in [0.15, 0.2) is 0 Å². The molecule has 2 unspecified atom stereocenters. The van der Waals surface area contributed by atoms with Crippen LogP contribution in [0.1, 0.15) is 58.8 Å². The predicted molar refractivity (Wildman–Crippen MR) is 77.6 cm³/mol. The van der Waals surface area contributed by atoms with Crippen molar-refractivity contribution in [1.29, 1.82) is 0 Å². The fourth-order valence-corrected chi connectivity index (χ4v) is 2.84. The summed E-state index contributed by atoms with van der Waals surface area (Å²) in [6, 6.07) is 0.390. The van der Waals surface area contributed by atoms with Gasteiger partial charge in [0, 0.05) is 6.04 Å². The summed E-state index contributed by atoms with van der Waals surface area (Å²) in [6.45, 7) is 6.34. The quantitative estimate of drug-likeness (QED) is 0.688. The van der Waals surface area contributed by atoms with Crippen LogP contribution in [-0.2, 0) is 0 Å². The zero-order valence-electron chi connectivity index (χ0n) is 12.5. The van der Waals surface area contributed by atoms with Gasteiger partial charge in [0.1, 0.15) is 0 Å². The van der Waals surface area contributed by atoms with Gasteiger partial charge < -0.3 is 15.7 Å². The smallest absolute Gasteiger partial charge is 0.0695 e.